The normalized spacial score (nSPS) is 9.94. The topological polar surface area (TPSA) is 91.0 Å². The average Bonchev–Trinajstić information content (AvgIpc) is 2.39. The van der Waals surface area contributed by atoms with E-state index in [-0.39, 0.29) is 11.4 Å². The first-order valence-electron chi connectivity index (χ1n) is 4.84. The number of ether oxygens (including phenoxy) is 1. The molecule has 0 aliphatic rings. The van der Waals surface area contributed by atoms with Crippen LogP contribution in [0.15, 0.2) is 30.6 Å². The predicted molar refractivity (Wildman–Crippen MR) is 61.0 cm³/mol. The molecule has 17 heavy (non-hydrogen) atoms. The van der Waals surface area contributed by atoms with Crippen molar-refractivity contribution in [3.63, 3.8) is 0 Å². The molecule has 0 fully saturated rings. The molecule has 6 nitrogen and oxygen atoms in total. The highest BCUT2D eigenvalue weighted by molar-refractivity contribution is 5.93. The number of rotatable bonds is 2. The zero-order valence-electron chi connectivity index (χ0n) is 9.12. The van der Waals surface area contributed by atoms with E-state index in [1.165, 1.54) is 13.3 Å². The molecule has 0 aromatic carbocycles. The summed E-state index contributed by atoms with van der Waals surface area (Å²) < 4.78 is 4.55. The number of carbonyl (C=O) groups is 1. The van der Waals surface area contributed by atoms with Crippen LogP contribution in [0, 0.1) is 0 Å². The van der Waals surface area contributed by atoms with Crippen molar-refractivity contribution in [1.29, 1.82) is 0 Å². The van der Waals surface area contributed by atoms with Gasteiger partial charge < -0.3 is 10.5 Å². The van der Waals surface area contributed by atoms with Crippen LogP contribution in [-0.4, -0.2) is 28.0 Å². The number of pyridine rings is 1. The lowest BCUT2D eigenvalue weighted by Gasteiger charge is -2.04. The van der Waals surface area contributed by atoms with Crippen LogP contribution in [0.25, 0.3) is 11.5 Å². The van der Waals surface area contributed by atoms with Gasteiger partial charge >= 0.3 is 5.97 Å². The fourth-order valence-corrected chi connectivity index (χ4v) is 1.28. The number of methoxy groups -OCH3 is 1. The van der Waals surface area contributed by atoms with Gasteiger partial charge in [-0.3, -0.25) is 4.98 Å². The lowest BCUT2D eigenvalue weighted by molar-refractivity contribution is 0.0601. The third kappa shape index (κ3) is 2.20. The van der Waals surface area contributed by atoms with Crippen molar-refractivity contribution in [2.24, 2.45) is 0 Å². The quantitative estimate of drug-likeness (QED) is 0.771. The second kappa shape index (κ2) is 4.56. The summed E-state index contributed by atoms with van der Waals surface area (Å²) in [6.07, 6.45) is 2.96. The van der Waals surface area contributed by atoms with Crippen molar-refractivity contribution in [1.82, 2.24) is 15.0 Å². The molecule has 0 atom stereocenters. The molecule has 0 saturated heterocycles. The van der Waals surface area contributed by atoms with Gasteiger partial charge in [0.1, 0.15) is 17.1 Å². The Morgan fingerprint density at radius 2 is 2.18 bits per heavy atom. The van der Waals surface area contributed by atoms with Crippen molar-refractivity contribution in [3.05, 3.63) is 36.2 Å². The van der Waals surface area contributed by atoms with Crippen LogP contribution >= 0.6 is 0 Å². The van der Waals surface area contributed by atoms with E-state index in [1.54, 1.807) is 18.3 Å². The van der Waals surface area contributed by atoms with E-state index < -0.39 is 5.97 Å². The smallest absolute Gasteiger partial charge is 0.343 e. The molecular formula is C11H10N4O2. The van der Waals surface area contributed by atoms with E-state index in [1.807, 2.05) is 6.07 Å². The van der Waals surface area contributed by atoms with Gasteiger partial charge in [0.05, 0.1) is 7.11 Å². The molecule has 0 bridgehead atoms. The molecule has 6 heteroatoms. The van der Waals surface area contributed by atoms with E-state index in [0.29, 0.717) is 11.5 Å². The zero-order valence-corrected chi connectivity index (χ0v) is 9.12. The SMILES string of the molecule is COC(=O)c1cnc(-c2ccccn2)nc1N. The summed E-state index contributed by atoms with van der Waals surface area (Å²) in [7, 11) is 1.27. The van der Waals surface area contributed by atoms with Gasteiger partial charge in [0.25, 0.3) is 0 Å². The lowest BCUT2D eigenvalue weighted by atomic mass is 10.3. The fourth-order valence-electron chi connectivity index (χ4n) is 1.28. The number of carbonyl (C=O) groups excluding carboxylic acids is 1. The van der Waals surface area contributed by atoms with Crippen molar-refractivity contribution in [2.45, 2.75) is 0 Å². The summed E-state index contributed by atoms with van der Waals surface area (Å²) in [6.45, 7) is 0. The van der Waals surface area contributed by atoms with Crippen LogP contribution in [0.4, 0.5) is 5.82 Å². The molecule has 0 radical (unpaired) electrons. The molecule has 0 saturated carbocycles. The third-order valence-electron chi connectivity index (χ3n) is 2.12. The maximum absolute atomic E-state index is 11.3. The summed E-state index contributed by atoms with van der Waals surface area (Å²) in [4.78, 5) is 23.4. The molecule has 0 spiro atoms. The second-order valence-electron chi connectivity index (χ2n) is 3.20. The Kier molecular flexibility index (Phi) is 2.95. The summed E-state index contributed by atoms with van der Waals surface area (Å²) in [5, 5.41) is 0. The third-order valence-corrected chi connectivity index (χ3v) is 2.12. The molecule has 2 N–H and O–H groups in total. The predicted octanol–water partition coefficient (Wildman–Crippen LogP) is 0.907. The summed E-state index contributed by atoms with van der Waals surface area (Å²) in [6, 6.07) is 5.36. The van der Waals surface area contributed by atoms with Crippen LogP contribution in [0.1, 0.15) is 10.4 Å². The van der Waals surface area contributed by atoms with Crippen LogP contribution in [0.3, 0.4) is 0 Å². The van der Waals surface area contributed by atoms with Crippen molar-refractivity contribution in [2.75, 3.05) is 12.8 Å². The van der Waals surface area contributed by atoms with E-state index >= 15 is 0 Å². The average molecular weight is 230 g/mol. The van der Waals surface area contributed by atoms with Crippen LogP contribution in [0.5, 0.6) is 0 Å². The number of hydrogen-bond donors (Lipinski definition) is 1. The molecule has 0 unspecified atom stereocenters. The van der Waals surface area contributed by atoms with Crippen LogP contribution in [0.2, 0.25) is 0 Å². The molecule has 0 aliphatic heterocycles. The van der Waals surface area contributed by atoms with Gasteiger partial charge in [-0.25, -0.2) is 14.8 Å². The van der Waals surface area contributed by atoms with Gasteiger partial charge in [-0.15, -0.1) is 0 Å². The van der Waals surface area contributed by atoms with Crippen molar-refractivity contribution < 1.29 is 9.53 Å². The number of aromatic nitrogens is 3. The Hall–Kier alpha value is -2.50. The summed E-state index contributed by atoms with van der Waals surface area (Å²) >= 11 is 0. The standard InChI is InChI=1S/C11H10N4O2/c1-17-11(16)7-6-14-10(15-9(7)12)8-4-2-3-5-13-8/h2-6H,1H3,(H2,12,14,15). The van der Waals surface area contributed by atoms with Gasteiger partial charge in [0.15, 0.2) is 5.82 Å². The van der Waals surface area contributed by atoms with Gasteiger partial charge in [0.2, 0.25) is 0 Å². The fraction of sp³-hybridized carbons (Fsp3) is 0.0909. The molecule has 2 rings (SSSR count). The second-order valence-corrected chi connectivity index (χ2v) is 3.20. The molecule has 2 aromatic rings. The number of nitrogen functional groups attached to an aromatic ring is 1. The maximum atomic E-state index is 11.3. The van der Waals surface area contributed by atoms with Gasteiger partial charge in [-0.2, -0.15) is 0 Å². The molecule has 2 heterocycles. The van der Waals surface area contributed by atoms with E-state index in [0.717, 1.165) is 0 Å². The minimum absolute atomic E-state index is 0.0764. The largest absolute Gasteiger partial charge is 0.465 e. The number of nitrogens with zero attached hydrogens (tertiary/aromatic N) is 3. The van der Waals surface area contributed by atoms with Crippen molar-refractivity contribution >= 4 is 11.8 Å². The Morgan fingerprint density at radius 3 is 2.76 bits per heavy atom. The first-order chi connectivity index (χ1) is 8.22. The molecule has 2 aromatic heterocycles. The van der Waals surface area contributed by atoms with Crippen molar-refractivity contribution in [3.8, 4) is 11.5 Å². The highest BCUT2D eigenvalue weighted by Crippen LogP contribution is 2.15. The first-order valence-corrected chi connectivity index (χ1v) is 4.84. The Labute approximate surface area is 97.5 Å². The number of hydrogen-bond acceptors (Lipinski definition) is 6. The minimum atomic E-state index is -0.560. The molecule has 0 amide bonds. The Bertz CT molecular complexity index is 542. The van der Waals surface area contributed by atoms with Gasteiger partial charge in [-0.05, 0) is 12.1 Å². The summed E-state index contributed by atoms with van der Waals surface area (Å²) in [5.74, 6) is -0.113. The summed E-state index contributed by atoms with van der Waals surface area (Å²) in [5.41, 5.74) is 6.39. The first kappa shape index (κ1) is 11.0. The highest BCUT2D eigenvalue weighted by atomic mass is 16.5. The minimum Gasteiger partial charge on any atom is -0.465 e. The Morgan fingerprint density at radius 1 is 1.35 bits per heavy atom. The van der Waals surface area contributed by atoms with E-state index in [9.17, 15) is 4.79 Å². The number of nitrogens with two attached hydrogens (primary N) is 1. The molecule has 86 valence electrons. The highest BCUT2D eigenvalue weighted by Gasteiger charge is 2.13. The lowest BCUT2D eigenvalue weighted by Crippen LogP contribution is -2.09. The maximum Gasteiger partial charge on any atom is 0.343 e. The van der Waals surface area contributed by atoms with Crippen LogP contribution in [-0.2, 0) is 4.74 Å². The van der Waals surface area contributed by atoms with E-state index in [4.69, 9.17) is 5.73 Å². The monoisotopic (exact) mass is 230 g/mol. The molecular weight excluding hydrogens is 220 g/mol. The Balaban J connectivity index is 2.41. The molecule has 0 aliphatic carbocycles. The van der Waals surface area contributed by atoms with Gasteiger partial charge in [-0.1, -0.05) is 6.07 Å². The number of esters is 1. The van der Waals surface area contributed by atoms with Gasteiger partial charge in [0, 0.05) is 12.4 Å². The van der Waals surface area contributed by atoms with Crippen LogP contribution < -0.4 is 5.73 Å². The number of anilines is 1. The zero-order chi connectivity index (χ0) is 12.3. The van der Waals surface area contributed by atoms with E-state index in [2.05, 4.69) is 19.7 Å².